The van der Waals surface area contributed by atoms with Crippen LogP contribution in [0.25, 0.3) is 0 Å². The number of piperidine rings is 1. The van der Waals surface area contributed by atoms with E-state index in [1.807, 2.05) is 21.9 Å². The highest BCUT2D eigenvalue weighted by Crippen LogP contribution is 2.49. The average Bonchev–Trinajstić information content (AvgIpc) is 3.01. The molecule has 3 aliphatic heterocycles. The Bertz CT molecular complexity index is 1250. The van der Waals surface area contributed by atoms with Gasteiger partial charge in [-0.25, -0.2) is 4.79 Å². The Morgan fingerprint density at radius 3 is 2.36 bits per heavy atom. The smallest absolute Gasteiger partial charge is 0.325 e. The van der Waals surface area contributed by atoms with E-state index in [4.69, 9.17) is 9.47 Å². The predicted molar refractivity (Wildman–Crippen MR) is 150 cm³/mol. The summed E-state index contributed by atoms with van der Waals surface area (Å²) in [5.41, 5.74) is 6.35. The van der Waals surface area contributed by atoms with Crippen molar-refractivity contribution < 1.29 is 24.5 Å². The van der Waals surface area contributed by atoms with Crippen molar-refractivity contribution in [3.63, 3.8) is 0 Å². The molecule has 8 nitrogen and oxygen atoms in total. The second-order valence-electron chi connectivity index (χ2n) is 11.4. The number of methoxy groups -OCH3 is 2. The number of likely N-dealkylation sites (tertiary alicyclic amines) is 1. The minimum Gasteiger partial charge on any atom is -0.497 e. The van der Waals surface area contributed by atoms with Crippen molar-refractivity contribution in [2.75, 3.05) is 40.5 Å². The lowest BCUT2D eigenvalue weighted by Crippen LogP contribution is -2.55. The monoisotopic (exact) mass is 535 g/mol. The number of benzene rings is 2. The molecule has 1 spiro atoms. The number of β-amino-alcohol motifs (C(OH)–C–C–N with tert-alkyl or cyclic N) is 1. The highest BCUT2D eigenvalue weighted by Gasteiger charge is 2.55. The number of rotatable bonds is 7. The molecule has 2 saturated heterocycles. The third kappa shape index (κ3) is 5.01. The van der Waals surface area contributed by atoms with Crippen LogP contribution in [-0.4, -0.2) is 83.0 Å². The fourth-order valence-electron chi connectivity index (χ4n) is 6.85. The number of ether oxygens (including phenoxy) is 2. The first kappa shape index (κ1) is 27.5. The third-order valence-corrected chi connectivity index (χ3v) is 8.57. The molecule has 2 aromatic rings. The second kappa shape index (κ2) is 10.8. The highest BCUT2D eigenvalue weighted by molar-refractivity contribution is 5.83. The predicted octanol–water partition coefficient (Wildman–Crippen LogP) is 3.95. The van der Waals surface area contributed by atoms with Crippen molar-refractivity contribution in [1.29, 1.82) is 0 Å². The number of carbonyl (C=O) groups is 1. The van der Waals surface area contributed by atoms with Crippen LogP contribution >= 0.6 is 0 Å². The molecule has 2 N–H and O–H groups in total. The van der Waals surface area contributed by atoms with Gasteiger partial charge in [0.25, 0.3) is 0 Å². The lowest BCUT2D eigenvalue weighted by atomic mass is 9.81. The van der Waals surface area contributed by atoms with Gasteiger partial charge in [-0.1, -0.05) is 42.3 Å². The summed E-state index contributed by atoms with van der Waals surface area (Å²) in [6.45, 7) is 9.05. The number of urea groups is 1. The second-order valence-corrected chi connectivity index (χ2v) is 11.4. The number of aryl methyl sites for hydroxylation is 2. The van der Waals surface area contributed by atoms with Crippen LogP contribution in [0.1, 0.15) is 53.5 Å². The lowest BCUT2D eigenvalue weighted by Gasteiger charge is -2.45. The Kier molecular flexibility index (Phi) is 7.64. The maximum Gasteiger partial charge on any atom is 0.325 e. The van der Waals surface area contributed by atoms with Gasteiger partial charge in [-0.3, -0.25) is 9.80 Å². The molecular weight excluding hydrogens is 494 g/mol. The van der Waals surface area contributed by atoms with Gasteiger partial charge in [-0.05, 0) is 43.9 Å². The van der Waals surface area contributed by atoms with E-state index in [9.17, 15) is 15.0 Å². The SMILES string of the molecule is COc1cc2c(c(OC)c1)[C@H](C)C=C1N(C2)C(=O)N(C[C@@H](O)CO)C12CCN(Cc1cc(C)cc(C)c1)CC2. The van der Waals surface area contributed by atoms with Crippen LogP contribution in [0.15, 0.2) is 42.1 Å². The average molecular weight is 536 g/mol. The number of hydrogen-bond acceptors (Lipinski definition) is 6. The van der Waals surface area contributed by atoms with Gasteiger partial charge in [-0.2, -0.15) is 0 Å². The number of carbonyl (C=O) groups excluding carboxylic acids is 1. The molecule has 0 aliphatic carbocycles. The standard InChI is InChI=1S/C31H41N3O5/c1-20-10-21(2)12-23(11-20)16-32-8-6-31(7-9-32)28-13-22(3)29-24(14-26(38-4)15-27(29)39-5)17-33(28)30(37)34(31)18-25(36)19-35/h10-15,22,25,35-36H,6-9,16-19H2,1-5H3/t22-,25-/m1/s1. The summed E-state index contributed by atoms with van der Waals surface area (Å²) in [6.07, 6.45) is 2.73. The van der Waals surface area contributed by atoms with Gasteiger partial charge in [0.2, 0.25) is 0 Å². The molecule has 8 heteroatoms. The molecule has 2 fully saturated rings. The summed E-state index contributed by atoms with van der Waals surface area (Å²) in [7, 11) is 3.29. The molecule has 0 bridgehead atoms. The van der Waals surface area contributed by atoms with Gasteiger partial charge in [0.1, 0.15) is 11.5 Å². The number of allylic oxidation sites excluding steroid dienone is 1. The molecule has 210 valence electrons. The maximum atomic E-state index is 14.0. The number of aliphatic hydroxyl groups excluding tert-OH is 2. The Labute approximate surface area is 231 Å². The van der Waals surface area contributed by atoms with Crippen LogP contribution in [0.2, 0.25) is 0 Å². The first-order valence-corrected chi connectivity index (χ1v) is 13.8. The van der Waals surface area contributed by atoms with Crippen LogP contribution in [-0.2, 0) is 13.1 Å². The molecule has 0 unspecified atom stereocenters. The fourth-order valence-corrected chi connectivity index (χ4v) is 6.85. The molecule has 2 atom stereocenters. The zero-order chi connectivity index (χ0) is 27.9. The number of amides is 2. The van der Waals surface area contributed by atoms with E-state index < -0.39 is 11.6 Å². The Balaban J connectivity index is 1.49. The lowest BCUT2D eigenvalue weighted by molar-refractivity contribution is 0.0280. The molecule has 3 heterocycles. The number of nitrogens with zero attached hydrogens (tertiary/aromatic N) is 3. The van der Waals surface area contributed by atoms with Gasteiger partial charge < -0.3 is 24.6 Å². The van der Waals surface area contributed by atoms with Crippen molar-refractivity contribution in [2.24, 2.45) is 0 Å². The Morgan fingerprint density at radius 2 is 1.74 bits per heavy atom. The molecule has 0 radical (unpaired) electrons. The van der Waals surface area contributed by atoms with Crippen LogP contribution in [0.5, 0.6) is 11.5 Å². The van der Waals surface area contributed by atoms with Crippen molar-refractivity contribution in [1.82, 2.24) is 14.7 Å². The molecule has 5 rings (SSSR count). The Hall–Kier alpha value is -3.07. The van der Waals surface area contributed by atoms with E-state index >= 15 is 0 Å². The molecule has 2 aromatic carbocycles. The topological polar surface area (TPSA) is 85.7 Å². The number of aliphatic hydroxyl groups is 2. The first-order valence-electron chi connectivity index (χ1n) is 13.8. The normalized spacial score (nSPS) is 21.4. The molecule has 0 saturated carbocycles. The molecular formula is C31H41N3O5. The van der Waals surface area contributed by atoms with Crippen LogP contribution in [0.3, 0.4) is 0 Å². The maximum absolute atomic E-state index is 14.0. The van der Waals surface area contributed by atoms with E-state index in [-0.39, 0.29) is 25.1 Å². The van der Waals surface area contributed by atoms with E-state index in [0.29, 0.717) is 12.3 Å². The summed E-state index contributed by atoms with van der Waals surface area (Å²) in [6, 6.07) is 10.4. The summed E-state index contributed by atoms with van der Waals surface area (Å²) in [5, 5.41) is 20.1. The van der Waals surface area contributed by atoms with E-state index in [1.54, 1.807) is 14.2 Å². The first-order chi connectivity index (χ1) is 18.7. The van der Waals surface area contributed by atoms with Crippen molar-refractivity contribution in [3.8, 4) is 11.5 Å². The molecule has 0 aromatic heterocycles. The highest BCUT2D eigenvalue weighted by atomic mass is 16.5. The molecule has 3 aliphatic rings. The molecule has 2 amide bonds. The number of hydrogen-bond donors (Lipinski definition) is 2. The van der Waals surface area contributed by atoms with Gasteiger partial charge >= 0.3 is 6.03 Å². The van der Waals surface area contributed by atoms with E-state index in [0.717, 1.165) is 55.0 Å². The van der Waals surface area contributed by atoms with Crippen molar-refractivity contribution in [2.45, 2.75) is 64.3 Å². The van der Waals surface area contributed by atoms with Gasteiger partial charge in [0.05, 0.1) is 45.6 Å². The van der Waals surface area contributed by atoms with Gasteiger partial charge in [0, 0.05) is 42.9 Å². The van der Waals surface area contributed by atoms with Crippen LogP contribution in [0.4, 0.5) is 4.79 Å². The van der Waals surface area contributed by atoms with Crippen LogP contribution in [0, 0.1) is 13.8 Å². The van der Waals surface area contributed by atoms with Gasteiger partial charge in [-0.15, -0.1) is 0 Å². The van der Waals surface area contributed by atoms with E-state index in [2.05, 4.69) is 49.9 Å². The zero-order valence-electron chi connectivity index (χ0n) is 23.7. The van der Waals surface area contributed by atoms with Crippen molar-refractivity contribution in [3.05, 3.63) is 69.9 Å². The summed E-state index contributed by atoms with van der Waals surface area (Å²) in [4.78, 5) is 20.2. The fraction of sp³-hybridized carbons (Fsp3) is 0.516. The van der Waals surface area contributed by atoms with Crippen molar-refractivity contribution >= 4 is 6.03 Å². The zero-order valence-corrected chi connectivity index (χ0v) is 23.7. The van der Waals surface area contributed by atoms with Gasteiger partial charge in [0.15, 0.2) is 0 Å². The minimum atomic E-state index is -0.992. The Morgan fingerprint density at radius 1 is 1.05 bits per heavy atom. The quantitative estimate of drug-likeness (QED) is 0.559. The minimum absolute atomic E-state index is 0.0153. The van der Waals surface area contributed by atoms with Crippen LogP contribution < -0.4 is 9.47 Å². The summed E-state index contributed by atoms with van der Waals surface area (Å²) >= 11 is 0. The van der Waals surface area contributed by atoms with E-state index in [1.165, 1.54) is 16.7 Å². The third-order valence-electron chi connectivity index (χ3n) is 8.57. The summed E-state index contributed by atoms with van der Waals surface area (Å²) in [5.74, 6) is 1.46. The largest absolute Gasteiger partial charge is 0.497 e. The number of fused-ring (bicyclic) bond motifs is 3. The summed E-state index contributed by atoms with van der Waals surface area (Å²) < 4.78 is 11.3. The molecule has 39 heavy (non-hydrogen) atoms.